The molecule has 9 nitrogen and oxygen atoms in total. The second kappa shape index (κ2) is 9.78. The van der Waals surface area contributed by atoms with E-state index in [1.807, 2.05) is 19.1 Å². The van der Waals surface area contributed by atoms with E-state index < -0.39 is 17.4 Å². The molecule has 1 N–H and O–H groups in total. The summed E-state index contributed by atoms with van der Waals surface area (Å²) in [5, 5.41) is 6.78. The van der Waals surface area contributed by atoms with E-state index in [1.165, 1.54) is 26.4 Å². The fourth-order valence-corrected chi connectivity index (χ4v) is 3.01. The summed E-state index contributed by atoms with van der Waals surface area (Å²) in [6.07, 6.45) is 0. The van der Waals surface area contributed by atoms with E-state index in [9.17, 15) is 14.4 Å². The summed E-state index contributed by atoms with van der Waals surface area (Å²) in [4.78, 5) is 38.3. The van der Waals surface area contributed by atoms with Crippen molar-refractivity contribution >= 4 is 17.6 Å². The van der Waals surface area contributed by atoms with Gasteiger partial charge in [-0.25, -0.2) is 4.79 Å². The predicted octanol–water partition coefficient (Wildman–Crippen LogP) is 2.99. The highest BCUT2D eigenvalue weighted by atomic mass is 16.5. The quantitative estimate of drug-likeness (QED) is 0.566. The first-order valence-electron chi connectivity index (χ1n) is 9.79. The Morgan fingerprint density at radius 3 is 2.28 bits per heavy atom. The van der Waals surface area contributed by atoms with Gasteiger partial charge in [0.2, 0.25) is 0 Å². The first kappa shape index (κ1) is 22.5. The Morgan fingerprint density at radius 2 is 1.69 bits per heavy atom. The zero-order valence-electron chi connectivity index (χ0n) is 18.2. The molecule has 166 valence electrons. The van der Waals surface area contributed by atoms with Crippen molar-refractivity contribution in [2.24, 2.45) is 0 Å². The first-order chi connectivity index (χ1) is 15.4. The lowest BCUT2D eigenvalue weighted by Gasteiger charge is -2.14. The molecule has 0 aliphatic heterocycles. The highest BCUT2D eigenvalue weighted by Gasteiger charge is 2.21. The minimum atomic E-state index is -0.770. The van der Waals surface area contributed by atoms with Gasteiger partial charge in [0.25, 0.3) is 11.5 Å². The number of nitrogens with one attached hydrogen (secondary N) is 1. The molecule has 1 amide bonds. The van der Waals surface area contributed by atoms with Crippen LogP contribution < -0.4 is 20.3 Å². The van der Waals surface area contributed by atoms with Crippen molar-refractivity contribution in [1.29, 1.82) is 0 Å². The maximum absolute atomic E-state index is 12.9. The monoisotopic (exact) mass is 437 g/mol. The van der Waals surface area contributed by atoms with Crippen molar-refractivity contribution in [3.8, 4) is 17.2 Å². The molecular formula is C23H23N3O6. The number of aryl methyl sites for hydroxylation is 1. The van der Waals surface area contributed by atoms with Crippen LogP contribution in [-0.2, 0) is 4.74 Å². The topological polar surface area (TPSA) is 109 Å². The molecule has 0 fully saturated rings. The summed E-state index contributed by atoms with van der Waals surface area (Å²) in [5.41, 5.74) is 0.726. The number of esters is 1. The Bertz CT molecular complexity index is 1200. The first-order valence-corrected chi connectivity index (χ1v) is 9.79. The normalized spacial score (nSPS) is 10.4. The van der Waals surface area contributed by atoms with Crippen LogP contribution in [0.2, 0.25) is 0 Å². The number of hydrogen-bond donors (Lipinski definition) is 1. The lowest BCUT2D eigenvalue weighted by Crippen LogP contribution is -2.27. The predicted molar refractivity (Wildman–Crippen MR) is 118 cm³/mol. The van der Waals surface area contributed by atoms with Crippen molar-refractivity contribution in [2.45, 2.75) is 13.8 Å². The molecule has 0 aliphatic carbocycles. The number of aromatic nitrogens is 2. The molecule has 1 aromatic heterocycles. The Labute approximate surface area is 184 Å². The van der Waals surface area contributed by atoms with Gasteiger partial charge in [0.1, 0.15) is 11.5 Å². The number of benzene rings is 2. The molecule has 0 aliphatic rings. The van der Waals surface area contributed by atoms with Crippen LogP contribution >= 0.6 is 0 Å². The number of rotatable bonds is 7. The van der Waals surface area contributed by atoms with Crippen LogP contribution in [0.1, 0.15) is 33.3 Å². The Hall–Kier alpha value is -4.14. The molecule has 0 unspecified atom stereocenters. The number of carbonyl (C=O) groups is 2. The summed E-state index contributed by atoms with van der Waals surface area (Å²) < 4.78 is 16.6. The number of anilines is 1. The smallest absolute Gasteiger partial charge is 0.360 e. The van der Waals surface area contributed by atoms with E-state index in [4.69, 9.17) is 14.2 Å². The van der Waals surface area contributed by atoms with E-state index in [0.717, 1.165) is 16.3 Å². The average Bonchev–Trinajstić information content (AvgIpc) is 2.79. The van der Waals surface area contributed by atoms with Crippen LogP contribution in [0.4, 0.5) is 5.69 Å². The highest BCUT2D eigenvalue weighted by Crippen LogP contribution is 2.24. The molecule has 32 heavy (non-hydrogen) atoms. The van der Waals surface area contributed by atoms with Crippen LogP contribution in [0.5, 0.6) is 11.5 Å². The van der Waals surface area contributed by atoms with E-state index in [1.54, 1.807) is 25.1 Å². The van der Waals surface area contributed by atoms with Gasteiger partial charge in [-0.1, -0.05) is 18.2 Å². The summed E-state index contributed by atoms with van der Waals surface area (Å²) >= 11 is 0. The number of amides is 1. The molecule has 9 heteroatoms. The second-order valence-electron chi connectivity index (χ2n) is 6.72. The molecule has 2 aromatic carbocycles. The van der Waals surface area contributed by atoms with Crippen LogP contribution in [0.3, 0.4) is 0 Å². The fraction of sp³-hybridized carbons (Fsp3) is 0.217. The van der Waals surface area contributed by atoms with Gasteiger partial charge < -0.3 is 19.5 Å². The zero-order valence-corrected chi connectivity index (χ0v) is 18.2. The molecule has 3 rings (SSSR count). The van der Waals surface area contributed by atoms with Crippen LogP contribution in [0.25, 0.3) is 5.69 Å². The lowest BCUT2D eigenvalue weighted by atomic mass is 10.1. The maximum atomic E-state index is 12.9. The van der Waals surface area contributed by atoms with E-state index in [-0.39, 0.29) is 23.6 Å². The summed E-state index contributed by atoms with van der Waals surface area (Å²) in [5.74, 6) is -0.530. The van der Waals surface area contributed by atoms with E-state index >= 15 is 0 Å². The fourth-order valence-electron chi connectivity index (χ4n) is 3.01. The molecule has 3 aromatic rings. The van der Waals surface area contributed by atoms with Gasteiger partial charge in [-0.3, -0.25) is 9.59 Å². The number of ether oxygens (including phenoxy) is 3. The van der Waals surface area contributed by atoms with Crippen molar-refractivity contribution < 1.29 is 23.8 Å². The van der Waals surface area contributed by atoms with Gasteiger partial charge in [-0.05, 0) is 37.6 Å². The number of hydrogen-bond acceptors (Lipinski definition) is 7. The lowest BCUT2D eigenvalue weighted by molar-refractivity contribution is 0.0518. The number of methoxy groups -OCH3 is 2. The van der Waals surface area contributed by atoms with E-state index in [2.05, 4.69) is 10.4 Å². The van der Waals surface area contributed by atoms with Crippen molar-refractivity contribution in [1.82, 2.24) is 9.78 Å². The number of para-hydroxylation sites is 1. The van der Waals surface area contributed by atoms with Gasteiger partial charge >= 0.3 is 5.97 Å². The van der Waals surface area contributed by atoms with Gasteiger partial charge in [0.05, 0.1) is 32.2 Å². The van der Waals surface area contributed by atoms with Gasteiger partial charge in [-0.15, -0.1) is 0 Å². The second-order valence-corrected chi connectivity index (χ2v) is 6.72. The Morgan fingerprint density at radius 1 is 1.03 bits per heavy atom. The van der Waals surface area contributed by atoms with Gasteiger partial charge in [0.15, 0.2) is 5.69 Å². The third-order valence-electron chi connectivity index (χ3n) is 4.61. The summed E-state index contributed by atoms with van der Waals surface area (Å²) in [6.45, 7) is 3.57. The van der Waals surface area contributed by atoms with Crippen molar-refractivity contribution in [2.75, 3.05) is 26.1 Å². The Kier molecular flexibility index (Phi) is 6.89. The molecule has 1 heterocycles. The SMILES string of the molecule is CCOC(=O)c1nn(-c2ccccc2C)c(=O)cc1NC(=O)c1cc(OC)cc(OC)c1. The van der Waals surface area contributed by atoms with Crippen molar-refractivity contribution in [3.63, 3.8) is 0 Å². The number of carbonyl (C=O) groups excluding carboxylic acids is 2. The zero-order chi connectivity index (χ0) is 23.3. The van der Waals surface area contributed by atoms with E-state index in [0.29, 0.717) is 17.2 Å². The average molecular weight is 437 g/mol. The third kappa shape index (κ3) is 4.77. The molecule has 0 spiro atoms. The molecular weight excluding hydrogens is 414 g/mol. The summed E-state index contributed by atoms with van der Waals surface area (Å²) in [6, 6.07) is 12.9. The molecule has 0 radical (unpaired) electrons. The van der Waals surface area contributed by atoms with Crippen LogP contribution in [-0.4, -0.2) is 42.5 Å². The third-order valence-corrected chi connectivity index (χ3v) is 4.61. The minimum absolute atomic E-state index is 0.0647. The summed E-state index contributed by atoms with van der Waals surface area (Å²) in [7, 11) is 2.93. The Balaban J connectivity index is 2.07. The molecule has 0 saturated heterocycles. The molecule has 0 saturated carbocycles. The maximum Gasteiger partial charge on any atom is 0.360 e. The minimum Gasteiger partial charge on any atom is -0.497 e. The van der Waals surface area contributed by atoms with Crippen LogP contribution in [0, 0.1) is 6.92 Å². The number of nitrogens with zero attached hydrogens (tertiary/aromatic N) is 2. The molecule has 0 atom stereocenters. The largest absolute Gasteiger partial charge is 0.497 e. The van der Waals surface area contributed by atoms with Gasteiger partial charge in [-0.2, -0.15) is 9.78 Å². The highest BCUT2D eigenvalue weighted by molar-refractivity contribution is 6.07. The van der Waals surface area contributed by atoms with Gasteiger partial charge in [0, 0.05) is 17.7 Å². The van der Waals surface area contributed by atoms with Crippen LogP contribution in [0.15, 0.2) is 53.3 Å². The van der Waals surface area contributed by atoms with Crippen molar-refractivity contribution in [3.05, 3.63) is 75.7 Å². The molecule has 0 bridgehead atoms. The standard InChI is InChI=1S/C23H23N3O6/c1-5-32-23(29)21-18(13-20(27)26(25-21)19-9-7-6-8-14(19)2)24-22(28)15-10-16(30-3)12-17(11-15)31-4/h6-13H,5H2,1-4H3,(H,24,28).